The highest BCUT2D eigenvalue weighted by molar-refractivity contribution is 7.99. The van der Waals surface area contributed by atoms with Crippen molar-refractivity contribution < 1.29 is 9.90 Å². The molecule has 1 aromatic carbocycles. The van der Waals surface area contributed by atoms with Crippen LogP contribution in [0.2, 0.25) is 5.02 Å². The molecule has 0 spiro atoms. The molecule has 1 unspecified atom stereocenters. The minimum Gasteiger partial charge on any atom is -0.396 e. The number of nitrogens with one attached hydrogen (secondary N) is 1. The summed E-state index contributed by atoms with van der Waals surface area (Å²) in [4.78, 5) is 12.7. The second-order valence-electron chi connectivity index (χ2n) is 4.03. The van der Waals surface area contributed by atoms with Crippen LogP contribution in [0.3, 0.4) is 0 Å². The number of carbonyl (C=O) groups is 1. The lowest BCUT2D eigenvalue weighted by molar-refractivity contribution is -0.121. The third-order valence-corrected chi connectivity index (χ3v) is 3.65. The Bertz CT molecular complexity index is 370. The van der Waals surface area contributed by atoms with Crippen molar-refractivity contribution in [2.24, 2.45) is 0 Å². The number of amides is 1. The van der Waals surface area contributed by atoms with Crippen molar-refractivity contribution in [3.8, 4) is 0 Å². The van der Waals surface area contributed by atoms with Gasteiger partial charge in [-0.1, -0.05) is 11.6 Å². The van der Waals surface area contributed by atoms with Gasteiger partial charge in [0.05, 0.1) is 0 Å². The molecule has 5 heteroatoms. The van der Waals surface area contributed by atoms with E-state index >= 15 is 0 Å². The molecule has 0 radical (unpaired) electrons. The van der Waals surface area contributed by atoms with E-state index in [0.717, 1.165) is 15.7 Å². The Kier molecular flexibility index (Phi) is 7.16. The predicted octanol–water partition coefficient (Wildman–Crippen LogP) is 2.71. The molecule has 3 nitrogen and oxygen atoms in total. The van der Waals surface area contributed by atoms with Crippen LogP contribution in [-0.2, 0) is 4.79 Å². The van der Waals surface area contributed by atoms with Crippen molar-refractivity contribution in [1.29, 1.82) is 0 Å². The fourth-order valence-corrected chi connectivity index (χ4v) is 2.38. The van der Waals surface area contributed by atoms with E-state index < -0.39 is 0 Å². The standard InChI is InChI=1S/C13H18ClNO2S/c1-10(6-8-16)15-13(17)7-9-18-12-4-2-11(14)3-5-12/h2-5,10,16H,6-9H2,1H3,(H,15,17). The van der Waals surface area contributed by atoms with Gasteiger partial charge in [-0.15, -0.1) is 11.8 Å². The van der Waals surface area contributed by atoms with Crippen molar-refractivity contribution in [1.82, 2.24) is 5.32 Å². The van der Waals surface area contributed by atoms with Crippen LogP contribution in [0.5, 0.6) is 0 Å². The van der Waals surface area contributed by atoms with Crippen LogP contribution >= 0.6 is 23.4 Å². The quantitative estimate of drug-likeness (QED) is 0.758. The second-order valence-corrected chi connectivity index (χ2v) is 5.64. The molecule has 0 heterocycles. The molecule has 18 heavy (non-hydrogen) atoms. The van der Waals surface area contributed by atoms with E-state index in [1.807, 2.05) is 31.2 Å². The first-order valence-corrected chi connectivity index (χ1v) is 7.26. The molecule has 100 valence electrons. The van der Waals surface area contributed by atoms with E-state index in [9.17, 15) is 4.79 Å². The molecule has 0 saturated heterocycles. The molecule has 0 saturated carbocycles. The van der Waals surface area contributed by atoms with Gasteiger partial charge in [0.15, 0.2) is 0 Å². The van der Waals surface area contributed by atoms with E-state index in [1.54, 1.807) is 11.8 Å². The number of rotatable bonds is 7. The van der Waals surface area contributed by atoms with E-state index in [-0.39, 0.29) is 18.6 Å². The Labute approximate surface area is 117 Å². The number of halogens is 1. The van der Waals surface area contributed by atoms with Gasteiger partial charge in [-0.05, 0) is 37.6 Å². The largest absolute Gasteiger partial charge is 0.396 e. The van der Waals surface area contributed by atoms with Gasteiger partial charge in [0.25, 0.3) is 0 Å². The fraction of sp³-hybridized carbons (Fsp3) is 0.462. The number of hydrogen-bond acceptors (Lipinski definition) is 3. The van der Waals surface area contributed by atoms with E-state index in [2.05, 4.69) is 5.32 Å². The van der Waals surface area contributed by atoms with Crippen LogP contribution in [0.15, 0.2) is 29.2 Å². The highest BCUT2D eigenvalue weighted by atomic mass is 35.5. The Balaban J connectivity index is 2.21. The molecule has 1 amide bonds. The van der Waals surface area contributed by atoms with Gasteiger partial charge < -0.3 is 10.4 Å². The molecule has 1 atom stereocenters. The second kappa shape index (κ2) is 8.40. The minimum atomic E-state index is 0.0254. The number of aliphatic hydroxyl groups excluding tert-OH is 1. The van der Waals surface area contributed by atoms with Crippen molar-refractivity contribution in [2.45, 2.75) is 30.7 Å². The van der Waals surface area contributed by atoms with Crippen molar-refractivity contribution in [3.05, 3.63) is 29.3 Å². The van der Waals surface area contributed by atoms with E-state index in [0.29, 0.717) is 12.8 Å². The number of benzene rings is 1. The third-order valence-electron chi connectivity index (χ3n) is 2.38. The average molecular weight is 288 g/mol. The van der Waals surface area contributed by atoms with Crippen LogP contribution in [0, 0.1) is 0 Å². The molecule has 0 aliphatic rings. The minimum absolute atomic E-state index is 0.0254. The summed E-state index contributed by atoms with van der Waals surface area (Å²) in [6.45, 7) is 1.99. The number of thioether (sulfide) groups is 1. The molecule has 1 aromatic rings. The smallest absolute Gasteiger partial charge is 0.221 e. The van der Waals surface area contributed by atoms with Crippen LogP contribution in [0.1, 0.15) is 19.8 Å². The lowest BCUT2D eigenvalue weighted by Crippen LogP contribution is -2.33. The zero-order valence-electron chi connectivity index (χ0n) is 10.4. The maximum absolute atomic E-state index is 11.5. The molecule has 1 rings (SSSR count). The zero-order chi connectivity index (χ0) is 13.4. The summed E-state index contributed by atoms with van der Waals surface area (Å²) >= 11 is 7.42. The summed E-state index contributed by atoms with van der Waals surface area (Å²) in [7, 11) is 0. The molecule has 2 N–H and O–H groups in total. The zero-order valence-corrected chi connectivity index (χ0v) is 11.9. The Hall–Kier alpha value is -0.710. The van der Waals surface area contributed by atoms with Crippen molar-refractivity contribution >= 4 is 29.3 Å². The summed E-state index contributed by atoms with van der Waals surface area (Å²) in [5.41, 5.74) is 0. The Morgan fingerprint density at radius 3 is 2.72 bits per heavy atom. The maximum atomic E-state index is 11.5. The monoisotopic (exact) mass is 287 g/mol. The summed E-state index contributed by atoms with van der Waals surface area (Å²) in [6.07, 6.45) is 1.07. The molecular formula is C13H18ClNO2S. The molecular weight excluding hydrogens is 270 g/mol. The van der Waals surface area contributed by atoms with Crippen molar-refractivity contribution in [2.75, 3.05) is 12.4 Å². The molecule has 0 aliphatic heterocycles. The first kappa shape index (κ1) is 15.3. The summed E-state index contributed by atoms with van der Waals surface area (Å²) in [5, 5.41) is 12.3. The third kappa shape index (κ3) is 6.28. The van der Waals surface area contributed by atoms with Gasteiger partial charge in [0.1, 0.15) is 0 Å². The molecule has 0 bridgehead atoms. The summed E-state index contributed by atoms with van der Waals surface area (Å²) in [6, 6.07) is 7.60. The maximum Gasteiger partial charge on any atom is 0.221 e. The van der Waals surface area contributed by atoms with Crippen LogP contribution < -0.4 is 5.32 Å². The number of carbonyl (C=O) groups excluding carboxylic acids is 1. The average Bonchev–Trinajstić information content (AvgIpc) is 2.32. The Morgan fingerprint density at radius 1 is 1.44 bits per heavy atom. The van der Waals surface area contributed by atoms with Gasteiger partial charge >= 0.3 is 0 Å². The highest BCUT2D eigenvalue weighted by Crippen LogP contribution is 2.20. The molecule has 0 fully saturated rings. The molecule has 0 aliphatic carbocycles. The van der Waals surface area contributed by atoms with Gasteiger partial charge in [0.2, 0.25) is 5.91 Å². The van der Waals surface area contributed by atoms with Gasteiger partial charge in [0, 0.05) is 34.7 Å². The molecule has 0 aromatic heterocycles. The lowest BCUT2D eigenvalue weighted by atomic mass is 10.2. The Morgan fingerprint density at radius 2 is 2.11 bits per heavy atom. The lowest BCUT2D eigenvalue weighted by Gasteiger charge is -2.12. The highest BCUT2D eigenvalue weighted by Gasteiger charge is 2.06. The predicted molar refractivity (Wildman–Crippen MR) is 76.1 cm³/mol. The van der Waals surface area contributed by atoms with Gasteiger partial charge in [-0.25, -0.2) is 0 Å². The van der Waals surface area contributed by atoms with Crippen molar-refractivity contribution in [3.63, 3.8) is 0 Å². The normalized spacial score (nSPS) is 12.2. The van der Waals surface area contributed by atoms with Crippen LogP contribution in [0.25, 0.3) is 0 Å². The fourth-order valence-electron chi connectivity index (χ4n) is 1.41. The van der Waals surface area contributed by atoms with E-state index in [1.165, 1.54) is 0 Å². The first-order chi connectivity index (χ1) is 8.61. The first-order valence-electron chi connectivity index (χ1n) is 5.90. The number of hydrogen-bond donors (Lipinski definition) is 2. The number of aliphatic hydroxyl groups is 1. The van der Waals surface area contributed by atoms with Crippen LogP contribution in [-0.4, -0.2) is 29.4 Å². The summed E-state index contributed by atoms with van der Waals surface area (Å²) < 4.78 is 0. The van der Waals surface area contributed by atoms with E-state index in [4.69, 9.17) is 16.7 Å². The topological polar surface area (TPSA) is 49.3 Å². The SMILES string of the molecule is CC(CCO)NC(=O)CCSc1ccc(Cl)cc1. The summed E-state index contributed by atoms with van der Waals surface area (Å²) in [5.74, 6) is 0.761. The van der Waals surface area contributed by atoms with Crippen LogP contribution in [0.4, 0.5) is 0 Å². The van der Waals surface area contributed by atoms with Gasteiger partial charge in [-0.3, -0.25) is 4.79 Å². The van der Waals surface area contributed by atoms with Gasteiger partial charge in [-0.2, -0.15) is 0 Å².